The smallest absolute Gasteiger partial charge is 0.241 e. The standard InChI is InChI=1S/C12H19FN2O2S/c1-3-4-11(8-14)15-18(16,17)12-6-5-10(13)7-9(12)2/h5-7,11,15H,3-4,8,14H2,1-2H3. The number of benzene rings is 1. The monoisotopic (exact) mass is 274 g/mol. The summed E-state index contributed by atoms with van der Waals surface area (Å²) in [5.74, 6) is -0.449. The molecule has 0 heterocycles. The first kappa shape index (κ1) is 15.1. The molecule has 1 atom stereocenters. The molecule has 0 aliphatic rings. The second-order valence-electron chi connectivity index (χ2n) is 4.25. The van der Waals surface area contributed by atoms with Crippen LogP contribution in [-0.4, -0.2) is 21.0 Å². The zero-order valence-corrected chi connectivity index (χ0v) is 11.4. The summed E-state index contributed by atoms with van der Waals surface area (Å²) < 4.78 is 39.7. The molecule has 18 heavy (non-hydrogen) atoms. The van der Waals surface area contributed by atoms with E-state index >= 15 is 0 Å². The van der Waals surface area contributed by atoms with Crippen molar-refractivity contribution in [2.24, 2.45) is 5.73 Å². The quantitative estimate of drug-likeness (QED) is 0.826. The molecule has 0 aliphatic carbocycles. The normalized spacial score (nSPS) is 13.6. The Hall–Kier alpha value is -0.980. The van der Waals surface area contributed by atoms with Gasteiger partial charge in [0.25, 0.3) is 0 Å². The Balaban J connectivity index is 2.99. The van der Waals surface area contributed by atoms with E-state index in [0.717, 1.165) is 12.5 Å². The van der Waals surface area contributed by atoms with E-state index in [2.05, 4.69) is 4.72 Å². The van der Waals surface area contributed by atoms with Crippen molar-refractivity contribution in [3.8, 4) is 0 Å². The molecular formula is C12H19FN2O2S. The third-order valence-electron chi connectivity index (χ3n) is 2.67. The van der Waals surface area contributed by atoms with E-state index in [1.54, 1.807) is 6.92 Å². The maximum absolute atomic E-state index is 12.9. The van der Waals surface area contributed by atoms with Crippen LogP contribution in [-0.2, 0) is 10.0 Å². The Morgan fingerprint density at radius 3 is 2.61 bits per heavy atom. The van der Waals surface area contributed by atoms with Crippen LogP contribution < -0.4 is 10.5 Å². The van der Waals surface area contributed by atoms with Crippen molar-refractivity contribution >= 4 is 10.0 Å². The Kier molecular flexibility index (Phi) is 5.25. The molecule has 0 fully saturated rings. The lowest BCUT2D eigenvalue weighted by atomic mass is 10.2. The Morgan fingerprint density at radius 2 is 2.11 bits per heavy atom. The number of nitrogens with two attached hydrogens (primary N) is 1. The molecule has 1 unspecified atom stereocenters. The van der Waals surface area contributed by atoms with Crippen LogP contribution in [0.15, 0.2) is 23.1 Å². The first-order valence-electron chi connectivity index (χ1n) is 5.89. The molecule has 1 rings (SSSR count). The van der Waals surface area contributed by atoms with Gasteiger partial charge in [-0.15, -0.1) is 0 Å². The molecule has 6 heteroatoms. The second-order valence-corrected chi connectivity index (χ2v) is 5.93. The van der Waals surface area contributed by atoms with Crippen LogP contribution in [0.4, 0.5) is 4.39 Å². The molecule has 0 amide bonds. The first-order chi connectivity index (χ1) is 8.40. The Bertz CT molecular complexity index is 503. The molecule has 4 nitrogen and oxygen atoms in total. The van der Waals surface area contributed by atoms with E-state index in [1.165, 1.54) is 12.1 Å². The molecule has 1 aromatic rings. The van der Waals surface area contributed by atoms with Gasteiger partial charge < -0.3 is 5.73 Å². The van der Waals surface area contributed by atoms with E-state index in [9.17, 15) is 12.8 Å². The average molecular weight is 274 g/mol. The van der Waals surface area contributed by atoms with Crippen LogP contribution in [0.2, 0.25) is 0 Å². The molecule has 0 radical (unpaired) electrons. The summed E-state index contributed by atoms with van der Waals surface area (Å²) in [4.78, 5) is 0.0958. The highest BCUT2D eigenvalue weighted by Gasteiger charge is 2.20. The van der Waals surface area contributed by atoms with E-state index in [0.29, 0.717) is 12.0 Å². The lowest BCUT2D eigenvalue weighted by Crippen LogP contribution is -2.40. The van der Waals surface area contributed by atoms with Gasteiger partial charge in [-0.1, -0.05) is 13.3 Å². The fourth-order valence-corrected chi connectivity index (χ4v) is 3.28. The highest BCUT2D eigenvalue weighted by atomic mass is 32.2. The largest absolute Gasteiger partial charge is 0.329 e. The van der Waals surface area contributed by atoms with E-state index < -0.39 is 15.8 Å². The highest BCUT2D eigenvalue weighted by Crippen LogP contribution is 2.16. The van der Waals surface area contributed by atoms with Gasteiger partial charge in [-0.3, -0.25) is 0 Å². The van der Waals surface area contributed by atoms with Crippen LogP contribution in [0.5, 0.6) is 0 Å². The molecule has 1 aromatic carbocycles. The van der Waals surface area contributed by atoms with Gasteiger partial charge in [-0.2, -0.15) is 0 Å². The maximum atomic E-state index is 12.9. The van der Waals surface area contributed by atoms with Crippen LogP contribution in [0.25, 0.3) is 0 Å². The van der Waals surface area contributed by atoms with Gasteiger partial charge in [0.1, 0.15) is 5.82 Å². The minimum absolute atomic E-state index is 0.0958. The molecule has 0 saturated heterocycles. The van der Waals surface area contributed by atoms with Gasteiger partial charge >= 0.3 is 0 Å². The van der Waals surface area contributed by atoms with Crippen molar-refractivity contribution in [3.63, 3.8) is 0 Å². The first-order valence-corrected chi connectivity index (χ1v) is 7.37. The van der Waals surface area contributed by atoms with Gasteiger partial charge in [-0.05, 0) is 37.1 Å². The third kappa shape index (κ3) is 3.76. The number of halogens is 1. The number of nitrogens with one attached hydrogen (secondary N) is 1. The van der Waals surface area contributed by atoms with E-state index in [-0.39, 0.29) is 17.5 Å². The summed E-state index contributed by atoms with van der Waals surface area (Å²) in [6.45, 7) is 3.77. The van der Waals surface area contributed by atoms with Crippen LogP contribution in [0, 0.1) is 12.7 Å². The fraction of sp³-hybridized carbons (Fsp3) is 0.500. The Labute approximate surface area is 107 Å². The van der Waals surface area contributed by atoms with Crippen molar-refractivity contribution in [1.29, 1.82) is 0 Å². The SMILES string of the molecule is CCCC(CN)NS(=O)(=O)c1ccc(F)cc1C. The number of aryl methyl sites for hydroxylation is 1. The molecule has 3 N–H and O–H groups in total. The molecule has 102 valence electrons. The molecule has 0 saturated carbocycles. The van der Waals surface area contributed by atoms with Crippen molar-refractivity contribution in [2.45, 2.75) is 37.6 Å². The number of hydrogen-bond donors (Lipinski definition) is 2. The summed E-state index contributed by atoms with van der Waals surface area (Å²) in [6, 6.07) is 3.32. The van der Waals surface area contributed by atoms with Crippen molar-refractivity contribution < 1.29 is 12.8 Å². The van der Waals surface area contributed by atoms with Gasteiger partial charge in [0, 0.05) is 12.6 Å². The predicted octanol–water partition coefficient (Wildman–Crippen LogP) is 1.54. The molecule has 0 bridgehead atoms. The van der Waals surface area contributed by atoms with Gasteiger partial charge in [-0.25, -0.2) is 17.5 Å². The highest BCUT2D eigenvalue weighted by molar-refractivity contribution is 7.89. The Morgan fingerprint density at radius 1 is 1.44 bits per heavy atom. The minimum atomic E-state index is -3.64. The lowest BCUT2D eigenvalue weighted by molar-refractivity contribution is 0.526. The predicted molar refractivity (Wildman–Crippen MR) is 69.2 cm³/mol. The fourth-order valence-electron chi connectivity index (χ4n) is 1.77. The van der Waals surface area contributed by atoms with E-state index in [4.69, 9.17) is 5.73 Å². The van der Waals surface area contributed by atoms with Gasteiger partial charge in [0.05, 0.1) is 4.90 Å². The topological polar surface area (TPSA) is 72.2 Å². The van der Waals surface area contributed by atoms with Crippen LogP contribution in [0.1, 0.15) is 25.3 Å². The number of hydrogen-bond acceptors (Lipinski definition) is 3. The van der Waals surface area contributed by atoms with E-state index in [1.807, 2.05) is 6.92 Å². The number of sulfonamides is 1. The minimum Gasteiger partial charge on any atom is -0.329 e. The van der Waals surface area contributed by atoms with Crippen molar-refractivity contribution in [2.75, 3.05) is 6.54 Å². The third-order valence-corrected chi connectivity index (χ3v) is 4.35. The molecular weight excluding hydrogens is 255 g/mol. The summed E-state index contributed by atoms with van der Waals surface area (Å²) in [7, 11) is -3.64. The van der Waals surface area contributed by atoms with Crippen molar-refractivity contribution in [3.05, 3.63) is 29.6 Å². The molecule has 0 aliphatic heterocycles. The maximum Gasteiger partial charge on any atom is 0.241 e. The average Bonchev–Trinajstić information content (AvgIpc) is 2.27. The summed E-state index contributed by atoms with van der Waals surface area (Å²) in [5.41, 5.74) is 5.90. The van der Waals surface area contributed by atoms with Gasteiger partial charge in [0.2, 0.25) is 10.0 Å². The summed E-state index contributed by atoms with van der Waals surface area (Å²) >= 11 is 0. The zero-order valence-electron chi connectivity index (χ0n) is 10.6. The zero-order chi connectivity index (χ0) is 13.8. The molecule has 0 spiro atoms. The summed E-state index contributed by atoms with van der Waals surface area (Å²) in [6.07, 6.45) is 1.52. The van der Waals surface area contributed by atoms with Crippen LogP contribution in [0.3, 0.4) is 0 Å². The van der Waals surface area contributed by atoms with Crippen LogP contribution >= 0.6 is 0 Å². The summed E-state index contributed by atoms with van der Waals surface area (Å²) in [5, 5.41) is 0. The van der Waals surface area contributed by atoms with Gasteiger partial charge in [0.15, 0.2) is 0 Å². The second kappa shape index (κ2) is 6.26. The van der Waals surface area contributed by atoms with Crippen molar-refractivity contribution in [1.82, 2.24) is 4.72 Å². The number of rotatable bonds is 6. The lowest BCUT2D eigenvalue weighted by Gasteiger charge is -2.17. The molecule has 0 aromatic heterocycles.